The Bertz CT molecular complexity index is 1220. The first-order valence-corrected chi connectivity index (χ1v) is 14.3. The number of amides is 2. The van der Waals surface area contributed by atoms with Crippen LogP contribution in [0.1, 0.15) is 36.8 Å². The molecule has 1 aliphatic rings. The van der Waals surface area contributed by atoms with Crippen LogP contribution in [0, 0.1) is 0 Å². The van der Waals surface area contributed by atoms with Crippen LogP contribution in [0.3, 0.4) is 0 Å². The summed E-state index contributed by atoms with van der Waals surface area (Å²) in [6.45, 7) is 0.0304. The van der Waals surface area contributed by atoms with Crippen molar-refractivity contribution in [3.8, 4) is 5.75 Å². The Hall–Kier alpha value is -2.35. The number of halogens is 3. The van der Waals surface area contributed by atoms with Crippen LogP contribution in [0.2, 0.25) is 5.02 Å². The molecule has 0 bridgehead atoms. The number of carbonyl (C=O) groups excluding carboxylic acids is 2. The molecule has 0 heterocycles. The summed E-state index contributed by atoms with van der Waals surface area (Å²) in [5.41, 5.74) is 1.90. The summed E-state index contributed by atoms with van der Waals surface area (Å²) in [7, 11) is 0. The number of rotatable bonds is 10. The van der Waals surface area contributed by atoms with Crippen molar-refractivity contribution in [3.63, 3.8) is 0 Å². The van der Waals surface area contributed by atoms with Gasteiger partial charge in [0.05, 0.1) is 5.02 Å². The van der Waals surface area contributed by atoms with Gasteiger partial charge in [-0.3, -0.25) is 9.59 Å². The van der Waals surface area contributed by atoms with Gasteiger partial charge in [0.2, 0.25) is 5.91 Å². The van der Waals surface area contributed by atoms with E-state index in [-0.39, 0.29) is 31.0 Å². The van der Waals surface area contributed by atoms with Crippen molar-refractivity contribution in [2.24, 2.45) is 0 Å². The van der Waals surface area contributed by atoms with Crippen LogP contribution in [0.15, 0.2) is 81.7 Å². The number of hydrogen-bond acceptors (Lipinski definition) is 3. The van der Waals surface area contributed by atoms with E-state index in [1.807, 2.05) is 54.6 Å². The molecule has 1 unspecified atom stereocenters. The van der Waals surface area contributed by atoms with E-state index in [4.69, 9.17) is 16.3 Å². The molecular formula is C29H29Br2ClN2O3. The molecule has 3 aromatic rings. The van der Waals surface area contributed by atoms with Crippen LogP contribution in [0.5, 0.6) is 5.75 Å². The maximum Gasteiger partial charge on any atom is 0.261 e. The molecule has 1 aliphatic carbocycles. The highest BCUT2D eigenvalue weighted by atomic mass is 79.9. The molecule has 1 fully saturated rings. The Balaban J connectivity index is 1.62. The number of ether oxygens (including phenoxy) is 1. The summed E-state index contributed by atoms with van der Waals surface area (Å²) >= 11 is 13.2. The Morgan fingerprint density at radius 2 is 1.65 bits per heavy atom. The largest absolute Gasteiger partial charge is 0.482 e. The lowest BCUT2D eigenvalue weighted by Gasteiger charge is -2.32. The van der Waals surface area contributed by atoms with E-state index in [0.717, 1.165) is 45.8 Å². The zero-order valence-electron chi connectivity index (χ0n) is 20.3. The third-order valence-corrected chi connectivity index (χ3v) is 7.74. The van der Waals surface area contributed by atoms with Crippen LogP contribution < -0.4 is 10.1 Å². The van der Waals surface area contributed by atoms with Gasteiger partial charge in [0.25, 0.3) is 5.91 Å². The van der Waals surface area contributed by atoms with Crippen molar-refractivity contribution in [2.75, 3.05) is 6.61 Å². The normalized spacial score (nSPS) is 14.2. The van der Waals surface area contributed by atoms with Crippen molar-refractivity contribution < 1.29 is 14.3 Å². The van der Waals surface area contributed by atoms with Gasteiger partial charge in [-0.25, -0.2) is 0 Å². The van der Waals surface area contributed by atoms with Crippen molar-refractivity contribution in [1.29, 1.82) is 0 Å². The van der Waals surface area contributed by atoms with Crippen molar-refractivity contribution in [2.45, 2.75) is 50.7 Å². The average molecular weight is 649 g/mol. The fraction of sp³-hybridized carbons (Fsp3) is 0.310. The smallest absolute Gasteiger partial charge is 0.261 e. The van der Waals surface area contributed by atoms with Gasteiger partial charge in [-0.05, 0) is 54.3 Å². The third kappa shape index (κ3) is 8.06. The van der Waals surface area contributed by atoms with Crippen LogP contribution in [0.25, 0.3) is 0 Å². The first-order valence-electron chi connectivity index (χ1n) is 12.3. The van der Waals surface area contributed by atoms with Crippen molar-refractivity contribution >= 4 is 55.3 Å². The minimum atomic E-state index is -0.696. The Morgan fingerprint density at radius 1 is 0.946 bits per heavy atom. The number of nitrogens with one attached hydrogen (secondary N) is 1. The molecule has 0 saturated heterocycles. The summed E-state index contributed by atoms with van der Waals surface area (Å²) in [4.78, 5) is 29.0. The van der Waals surface area contributed by atoms with E-state index in [1.54, 1.807) is 23.1 Å². The lowest BCUT2D eigenvalue weighted by molar-refractivity contribution is -0.143. The predicted molar refractivity (Wildman–Crippen MR) is 154 cm³/mol. The highest BCUT2D eigenvalue weighted by Gasteiger charge is 2.32. The molecule has 5 nitrogen and oxygen atoms in total. The molecular weight excluding hydrogens is 620 g/mol. The number of benzene rings is 3. The maximum absolute atomic E-state index is 13.7. The Labute approximate surface area is 239 Å². The zero-order chi connectivity index (χ0) is 26.2. The minimum Gasteiger partial charge on any atom is -0.482 e. The van der Waals surface area contributed by atoms with Gasteiger partial charge in [0.1, 0.15) is 11.8 Å². The van der Waals surface area contributed by atoms with Gasteiger partial charge in [-0.2, -0.15) is 0 Å². The Morgan fingerprint density at radius 3 is 2.35 bits per heavy atom. The monoisotopic (exact) mass is 646 g/mol. The summed E-state index contributed by atoms with van der Waals surface area (Å²) in [5.74, 6) is -0.0159. The number of carbonyl (C=O) groups is 2. The van der Waals surface area contributed by atoms with Crippen LogP contribution in [0.4, 0.5) is 0 Å². The van der Waals surface area contributed by atoms with Crippen molar-refractivity contribution in [3.05, 3.63) is 97.9 Å². The quantitative estimate of drug-likeness (QED) is 0.259. The molecule has 1 N–H and O–H groups in total. The topological polar surface area (TPSA) is 58.6 Å². The van der Waals surface area contributed by atoms with Crippen LogP contribution in [-0.4, -0.2) is 35.4 Å². The molecule has 3 aromatic carbocycles. The predicted octanol–water partition coefficient (Wildman–Crippen LogP) is 6.94. The van der Waals surface area contributed by atoms with Crippen LogP contribution in [-0.2, 0) is 22.6 Å². The van der Waals surface area contributed by atoms with E-state index < -0.39 is 6.04 Å². The first-order chi connectivity index (χ1) is 17.9. The lowest BCUT2D eigenvalue weighted by Crippen LogP contribution is -2.53. The van der Waals surface area contributed by atoms with Gasteiger partial charge in [-0.15, -0.1) is 0 Å². The standard InChI is InChI=1S/C29H29Br2ClN2O3/c30-22-10-6-9-21(15-22)18-34(28(35)19-37-27-14-13-23(31)17-25(27)32)26(16-20-7-2-1-3-8-20)29(36)33-24-11-4-5-12-24/h1-3,6-10,13-15,17,24,26H,4-5,11-12,16,18-19H2,(H,33,36). The average Bonchev–Trinajstić information content (AvgIpc) is 3.39. The Kier molecular flexibility index (Phi) is 10.1. The summed E-state index contributed by atoms with van der Waals surface area (Å²) in [6, 6.07) is 22.2. The van der Waals surface area contributed by atoms with Crippen molar-refractivity contribution in [1.82, 2.24) is 10.2 Å². The van der Waals surface area contributed by atoms with Crippen LogP contribution >= 0.6 is 43.5 Å². The van der Waals surface area contributed by atoms with E-state index in [1.165, 1.54) is 0 Å². The van der Waals surface area contributed by atoms with Gasteiger partial charge < -0.3 is 15.0 Å². The number of hydrogen-bond donors (Lipinski definition) is 1. The van der Waals surface area contributed by atoms with Gasteiger partial charge in [-0.1, -0.05) is 98.8 Å². The zero-order valence-corrected chi connectivity index (χ0v) is 24.3. The third-order valence-electron chi connectivity index (χ3n) is 6.46. The molecule has 37 heavy (non-hydrogen) atoms. The second kappa shape index (κ2) is 13.4. The molecule has 0 radical (unpaired) electrons. The first kappa shape index (κ1) is 27.7. The second-order valence-electron chi connectivity index (χ2n) is 9.21. The summed E-state index contributed by atoms with van der Waals surface area (Å²) in [5, 5.41) is 3.61. The molecule has 0 aromatic heterocycles. The lowest BCUT2D eigenvalue weighted by atomic mass is 10.0. The van der Waals surface area contributed by atoms with E-state index >= 15 is 0 Å². The van der Waals surface area contributed by atoms with E-state index in [2.05, 4.69) is 37.2 Å². The van der Waals surface area contributed by atoms with Gasteiger partial charge in [0.15, 0.2) is 6.61 Å². The molecule has 2 amide bonds. The SMILES string of the molecule is O=C(NC1CCCC1)C(Cc1ccccc1)N(Cc1cccc(Br)c1)C(=O)COc1ccc(Br)cc1Cl. The summed E-state index contributed by atoms with van der Waals surface area (Å²) in [6.07, 6.45) is 4.55. The maximum atomic E-state index is 13.7. The molecule has 1 saturated carbocycles. The molecule has 0 spiro atoms. The highest BCUT2D eigenvalue weighted by Crippen LogP contribution is 2.28. The fourth-order valence-corrected chi connectivity index (χ4v) is 5.74. The number of nitrogens with zero attached hydrogens (tertiary/aromatic N) is 1. The molecule has 194 valence electrons. The molecule has 8 heteroatoms. The molecule has 1 atom stereocenters. The van der Waals surface area contributed by atoms with E-state index in [0.29, 0.717) is 17.2 Å². The molecule has 4 rings (SSSR count). The van der Waals surface area contributed by atoms with E-state index in [9.17, 15) is 9.59 Å². The fourth-order valence-electron chi connectivity index (χ4n) is 4.57. The summed E-state index contributed by atoms with van der Waals surface area (Å²) < 4.78 is 7.55. The van der Waals surface area contributed by atoms with Gasteiger partial charge >= 0.3 is 0 Å². The molecule has 0 aliphatic heterocycles. The second-order valence-corrected chi connectivity index (χ2v) is 11.4. The van der Waals surface area contributed by atoms with Gasteiger partial charge in [0, 0.05) is 28.0 Å². The minimum absolute atomic E-state index is 0.138. The highest BCUT2D eigenvalue weighted by molar-refractivity contribution is 9.10.